The molecule has 1 aliphatic heterocycles. The van der Waals surface area contributed by atoms with Crippen LogP contribution in [0.15, 0.2) is 0 Å². The highest BCUT2D eigenvalue weighted by Gasteiger charge is 2.18. The van der Waals surface area contributed by atoms with Crippen LogP contribution < -0.4 is 5.32 Å². The van der Waals surface area contributed by atoms with Crippen LogP contribution in [0.25, 0.3) is 0 Å². The first-order chi connectivity index (χ1) is 6.83. The topological polar surface area (TPSA) is 50.7 Å². The molecule has 1 heterocycles. The molecule has 2 atom stereocenters. The van der Waals surface area contributed by atoms with Crippen molar-refractivity contribution in [2.75, 3.05) is 40.0 Å². The van der Waals surface area contributed by atoms with Gasteiger partial charge in [0.15, 0.2) is 0 Å². The Labute approximate surface area is 85.6 Å². The molecule has 0 saturated carbocycles. The molecular weight excluding hydrogens is 182 g/mol. The quantitative estimate of drug-likeness (QED) is 0.572. The Balaban J connectivity index is 1.95. The van der Waals surface area contributed by atoms with E-state index in [1.807, 2.05) is 0 Å². The van der Waals surface area contributed by atoms with Crippen molar-refractivity contribution in [1.82, 2.24) is 5.32 Å². The Kier molecular flexibility index (Phi) is 6.10. The van der Waals surface area contributed by atoms with Gasteiger partial charge in [0.05, 0.1) is 25.9 Å². The minimum absolute atomic E-state index is 0.322. The van der Waals surface area contributed by atoms with Crippen LogP contribution >= 0.6 is 0 Å². The van der Waals surface area contributed by atoms with E-state index >= 15 is 0 Å². The van der Waals surface area contributed by atoms with Gasteiger partial charge in [-0.25, -0.2) is 0 Å². The molecule has 0 bridgehead atoms. The largest absolute Gasteiger partial charge is 0.391 e. The summed E-state index contributed by atoms with van der Waals surface area (Å²) in [6.45, 7) is 3.71. The molecule has 2 unspecified atom stereocenters. The normalized spacial score (nSPS) is 24.0. The van der Waals surface area contributed by atoms with E-state index in [-0.39, 0.29) is 6.10 Å². The van der Waals surface area contributed by atoms with Crippen LogP contribution in [0.2, 0.25) is 0 Å². The van der Waals surface area contributed by atoms with E-state index in [0.29, 0.717) is 25.7 Å². The number of methoxy groups -OCH3 is 1. The monoisotopic (exact) mass is 203 g/mol. The predicted octanol–water partition coefficient (Wildman–Crippen LogP) is 0.00990. The Bertz CT molecular complexity index is 137. The summed E-state index contributed by atoms with van der Waals surface area (Å²) in [7, 11) is 1.64. The van der Waals surface area contributed by atoms with Gasteiger partial charge >= 0.3 is 0 Å². The lowest BCUT2D eigenvalue weighted by Gasteiger charge is -2.14. The molecule has 1 fully saturated rings. The zero-order valence-electron chi connectivity index (χ0n) is 8.87. The highest BCUT2D eigenvalue weighted by Crippen LogP contribution is 2.14. The molecule has 0 aromatic heterocycles. The number of aliphatic hydroxyl groups is 1. The van der Waals surface area contributed by atoms with Crippen molar-refractivity contribution in [3.8, 4) is 0 Å². The Morgan fingerprint density at radius 1 is 1.50 bits per heavy atom. The van der Waals surface area contributed by atoms with E-state index in [4.69, 9.17) is 9.47 Å². The molecule has 0 aromatic rings. The zero-order chi connectivity index (χ0) is 10.2. The maximum atomic E-state index is 9.62. The van der Waals surface area contributed by atoms with Crippen molar-refractivity contribution >= 4 is 0 Å². The Hall–Kier alpha value is -0.160. The molecule has 4 heteroatoms. The second-order valence-electron chi connectivity index (χ2n) is 3.82. The molecule has 14 heavy (non-hydrogen) atoms. The molecule has 2 N–H and O–H groups in total. The summed E-state index contributed by atoms with van der Waals surface area (Å²) in [6.07, 6.45) is 1.70. The Morgan fingerprint density at radius 3 is 3.00 bits per heavy atom. The van der Waals surface area contributed by atoms with Gasteiger partial charge in [-0.1, -0.05) is 0 Å². The number of aliphatic hydroxyl groups excluding tert-OH is 1. The van der Waals surface area contributed by atoms with E-state index in [2.05, 4.69) is 5.32 Å². The van der Waals surface area contributed by atoms with Gasteiger partial charge in [0.2, 0.25) is 0 Å². The molecule has 4 nitrogen and oxygen atoms in total. The lowest BCUT2D eigenvalue weighted by atomic mass is 10.0. The number of nitrogens with one attached hydrogen (secondary N) is 1. The van der Waals surface area contributed by atoms with Crippen molar-refractivity contribution in [2.45, 2.75) is 18.9 Å². The SMILES string of the molecule is COCCOCC(O)CC1CCNC1. The second-order valence-corrected chi connectivity index (χ2v) is 3.82. The summed E-state index contributed by atoms with van der Waals surface area (Å²) in [5.74, 6) is 0.621. The van der Waals surface area contributed by atoms with Gasteiger partial charge in [0.25, 0.3) is 0 Å². The first kappa shape index (κ1) is 11.9. The summed E-state index contributed by atoms with van der Waals surface area (Å²) in [6, 6.07) is 0. The van der Waals surface area contributed by atoms with E-state index in [1.165, 1.54) is 6.42 Å². The van der Waals surface area contributed by atoms with Crippen LogP contribution in [0, 0.1) is 5.92 Å². The highest BCUT2D eigenvalue weighted by molar-refractivity contribution is 4.73. The molecule has 0 radical (unpaired) electrons. The minimum Gasteiger partial charge on any atom is -0.391 e. The summed E-state index contributed by atoms with van der Waals surface area (Å²) in [4.78, 5) is 0. The minimum atomic E-state index is -0.322. The summed E-state index contributed by atoms with van der Waals surface area (Å²) in [5, 5.41) is 12.9. The van der Waals surface area contributed by atoms with Crippen LogP contribution in [0.5, 0.6) is 0 Å². The van der Waals surface area contributed by atoms with Crippen LogP contribution in [0.4, 0.5) is 0 Å². The standard InChI is InChI=1S/C10H21NO3/c1-13-4-5-14-8-10(12)6-9-2-3-11-7-9/h9-12H,2-8H2,1H3. The fraction of sp³-hybridized carbons (Fsp3) is 1.00. The van der Waals surface area contributed by atoms with E-state index in [0.717, 1.165) is 19.5 Å². The lowest BCUT2D eigenvalue weighted by molar-refractivity contribution is 0.00532. The van der Waals surface area contributed by atoms with E-state index in [1.54, 1.807) is 7.11 Å². The van der Waals surface area contributed by atoms with Crippen molar-refractivity contribution in [3.63, 3.8) is 0 Å². The molecule has 1 saturated heterocycles. The number of hydrogen-bond donors (Lipinski definition) is 2. The van der Waals surface area contributed by atoms with Crippen LogP contribution in [0.1, 0.15) is 12.8 Å². The van der Waals surface area contributed by atoms with Gasteiger partial charge in [-0.3, -0.25) is 0 Å². The Morgan fingerprint density at radius 2 is 2.36 bits per heavy atom. The third-order valence-electron chi connectivity index (χ3n) is 2.51. The molecule has 1 rings (SSSR count). The number of ether oxygens (including phenoxy) is 2. The van der Waals surface area contributed by atoms with E-state index < -0.39 is 0 Å². The molecule has 84 valence electrons. The molecule has 1 aliphatic rings. The fourth-order valence-corrected chi connectivity index (χ4v) is 1.73. The first-order valence-electron chi connectivity index (χ1n) is 5.28. The maximum Gasteiger partial charge on any atom is 0.0776 e. The highest BCUT2D eigenvalue weighted by atomic mass is 16.5. The second kappa shape index (κ2) is 7.17. The van der Waals surface area contributed by atoms with Gasteiger partial charge in [-0.05, 0) is 31.8 Å². The van der Waals surface area contributed by atoms with Crippen LogP contribution in [0.3, 0.4) is 0 Å². The summed E-state index contributed by atoms with van der Waals surface area (Å²) < 4.78 is 10.1. The molecule has 0 aromatic carbocycles. The molecule has 0 aliphatic carbocycles. The molecular formula is C10H21NO3. The van der Waals surface area contributed by atoms with Crippen molar-refractivity contribution < 1.29 is 14.6 Å². The van der Waals surface area contributed by atoms with Crippen molar-refractivity contribution in [2.24, 2.45) is 5.92 Å². The molecule has 0 amide bonds. The molecule has 0 spiro atoms. The third kappa shape index (κ3) is 4.91. The number of rotatable bonds is 7. The number of hydrogen-bond acceptors (Lipinski definition) is 4. The van der Waals surface area contributed by atoms with Gasteiger partial charge in [-0.15, -0.1) is 0 Å². The van der Waals surface area contributed by atoms with E-state index in [9.17, 15) is 5.11 Å². The zero-order valence-corrected chi connectivity index (χ0v) is 8.87. The smallest absolute Gasteiger partial charge is 0.0776 e. The average molecular weight is 203 g/mol. The predicted molar refractivity (Wildman–Crippen MR) is 54.3 cm³/mol. The van der Waals surface area contributed by atoms with Crippen LogP contribution in [-0.2, 0) is 9.47 Å². The van der Waals surface area contributed by atoms with Crippen LogP contribution in [-0.4, -0.2) is 51.2 Å². The first-order valence-corrected chi connectivity index (χ1v) is 5.28. The van der Waals surface area contributed by atoms with Gasteiger partial charge in [0.1, 0.15) is 0 Å². The van der Waals surface area contributed by atoms with Crippen molar-refractivity contribution in [3.05, 3.63) is 0 Å². The summed E-state index contributed by atoms with van der Waals surface area (Å²) >= 11 is 0. The summed E-state index contributed by atoms with van der Waals surface area (Å²) in [5.41, 5.74) is 0. The third-order valence-corrected chi connectivity index (χ3v) is 2.51. The van der Waals surface area contributed by atoms with Crippen molar-refractivity contribution in [1.29, 1.82) is 0 Å². The van der Waals surface area contributed by atoms with Gasteiger partial charge in [0, 0.05) is 7.11 Å². The average Bonchev–Trinajstić information content (AvgIpc) is 2.65. The van der Waals surface area contributed by atoms with Gasteiger partial charge < -0.3 is 19.9 Å². The lowest BCUT2D eigenvalue weighted by Crippen LogP contribution is -2.21. The fourth-order valence-electron chi connectivity index (χ4n) is 1.73. The maximum absolute atomic E-state index is 9.62. The van der Waals surface area contributed by atoms with Gasteiger partial charge in [-0.2, -0.15) is 0 Å².